The second-order valence-corrected chi connectivity index (χ2v) is 6.55. The van der Waals surface area contributed by atoms with E-state index in [4.69, 9.17) is 5.10 Å². The van der Waals surface area contributed by atoms with E-state index in [0.29, 0.717) is 6.04 Å². The van der Waals surface area contributed by atoms with Gasteiger partial charge >= 0.3 is 0 Å². The number of likely N-dealkylation sites (tertiary alicyclic amines) is 1. The SMILES string of the molecule is Cc1nnc2ccc(N3CCCCC(N4CCCC4)C3)nn12. The molecule has 0 amide bonds. The van der Waals surface area contributed by atoms with Crippen molar-refractivity contribution in [2.45, 2.75) is 45.1 Å². The van der Waals surface area contributed by atoms with Gasteiger partial charge in [0.05, 0.1) is 0 Å². The third kappa shape index (κ3) is 2.56. The number of nitrogens with zero attached hydrogens (tertiary/aromatic N) is 6. The average molecular weight is 300 g/mol. The lowest BCUT2D eigenvalue weighted by Crippen LogP contribution is -2.42. The highest BCUT2D eigenvalue weighted by molar-refractivity contribution is 5.46. The molecule has 0 bridgehead atoms. The quantitative estimate of drug-likeness (QED) is 0.847. The topological polar surface area (TPSA) is 49.6 Å². The summed E-state index contributed by atoms with van der Waals surface area (Å²) in [6.07, 6.45) is 6.63. The van der Waals surface area contributed by atoms with Gasteiger partial charge in [-0.2, -0.15) is 4.52 Å². The number of fused-ring (bicyclic) bond motifs is 1. The molecule has 2 aromatic rings. The van der Waals surface area contributed by atoms with E-state index >= 15 is 0 Å². The van der Waals surface area contributed by atoms with Crippen LogP contribution in [0.2, 0.25) is 0 Å². The fraction of sp³-hybridized carbons (Fsp3) is 0.688. The van der Waals surface area contributed by atoms with E-state index in [9.17, 15) is 0 Å². The first-order valence-electron chi connectivity index (χ1n) is 8.49. The van der Waals surface area contributed by atoms with E-state index in [1.54, 1.807) is 0 Å². The molecule has 4 heterocycles. The minimum atomic E-state index is 0.685. The van der Waals surface area contributed by atoms with Crippen LogP contribution in [0.15, 0.2) is 12.1 Å². The van der Waals surface area contributed by atoms with Gasteiger partial charge in [-0.15, -0.1) is 15.3 Å². The third-order valence-electron chi connectivity index (χ3n) is 5.03. The molecular weight excluding hydrogens is 276 g/mol. The van der Waals surface area contributed by atoms with Gasteiger partial charge in [-0.3, -0.25) is 4.90 Å². The lowest BCUT2D eigenvalue weighted by Gasteiger charge is -2.31. The van der Waals surface area contributed by atoms with Crippen LogP contribution in [0, 0.1) is 6.92 Å². The summed E-state index contributed by atoms with van der Waals surface area (Å²) in [6.45, 7) is 6.70. The average Bonchev–Trinajstić information content (AvgIpc) is 3.12. The van der Waals surface area contributed by atoms with Gasteiger partial charge in [-0.05, 0) is 57.8 Å². The van der Waals surface area contributed by atoms with Crippen LogP contribution in [0.1, 0.15) is 37.9 Å². The summed E-state index contributed by atoms with van der Waals surface area (Å²) in [6, 6.07) is 4.80. The maximum atomic E-state index is 4.76. The molecule has 2 aromatic heterocycles. The van der Waals surface area contributed by atoms with Gasteiger partial charge in [-0.1, -0.05) is 6.42 Å². The number of rotatable bonds is 2. The summed E-state index contributed by atoms with van der Waals surface area (Å²) in [7, 11) is 0. The standard InChI is InChI=1S/C16H24N6/c1-13-17-18-15-7-8-16(19-22(13)15)21-11-3-2-6-14(12-21)20-9-4-5-10-20/h7-8,14H,2-6,9-12H2,1H3. The molecule has 1 unspecified atom stereocenters. The predicted molar refractivity (Wildman–Crippen MR) is 86.2 cm³/mol. The Bertz CT molecular complexity index is 645. The molecule has 0 aromatic carbocycles. The van der Waals surface area contributed by atoms with Crippen LogP contribution in [-0.2, 0) is 0 Å². The Morgan fingerprint density at radius 1 is 1.00 bits per heavy atom. The summed E-state index contributed by atoms with van der Waals surface area (Å²) < 4.78 is 1.85. The fourth-order valence-corrected chi connectivity index (χ4v) is 3.79. The molecule has 22 heavy (non-hydrogen) atoms. The summed E-state index contributed by atoms with van der Waals surface area (Å²) in [5.74, 6) is 1.91. The molecule has 2 fully saturated rings. The van der Waals surface area contributed by atoms with E-state index in [1.807, 2.05) is 17.5 Å². The maximum absolute atomic E-state index is 4.76. The number of hydrogen-bond donors (Lipinski definition) is 0. The van der Waals surface area contributed by atoms with Crippen molar-refractivity contribution >= 4 is 11.5 Å². The van der Waals surface area contributed by atoms with E-state index < -0.39 is 0 Å². The minimum Gasteiger partial charge on any atom is -0.354 e. The van der Waals surface area contributed by atoms with Crippen LogP contribution in [0.25, 0.3) is 5.65 Å². The minimum absolute atomic E-state index is 0.685. The van der Waals surface area contributed by atoms with Crippen LogP contribution in [0.5, 0.6) is 0 Å². The zero-order valence-electron chi connectivity index (χ0n) is 13.3. The number of aromatic nitrogens is 4. The van der Waals surface area contributed by atoms with Crippen molar-refractivity contribution in [1.82, 2.24) is 24.7 Å². The molecule has 6 heteroatoms. The molecule has 0 radical (unpaired) electrons. The van der Waals surface area contributed by atoms with Gasteiger partial charge in [-0.25, -0.2) is 0 Å². The van der Waals surface area contributed by atoms with Crippen LogP contribution in [-0.4, -0.2) is 56.9 Å². The first-order valence-corrected chi connectivity index (χ1v) is 8.49. The molecule has 2 aliphatic rings. The van der Waals surface area contributed by atoms with Crippen LogP contribution < -0.4 is 4.90 Å². The van der Waals surface area contributed by atoms with Gasteiger partial charge < -0.3 is 4.90 Å². The summed E-state index contributed by atoms with van der Waals surface area (Å²) in [4.78, 5) is 5.13. The number of hydrogen-bond acceptors (Lipinski definition) is 5. The van der Waals surface area contributed by atoms with Crippen LogP contribution in [0.4, 0.5) is 5.82 Å². The van der Waals surface area contributed by atoms with E-state index in [2.05, 4.69) is 26.1 Å². The Kier molecular flexibility index (Phi) is 3.70. The number of aryl methyl sites for hydroxylation is 1. The molecule has 118 valence electrons. The molecule has 0 spiro atoms. The van der Waals surface area contributed by atoms with Crippen molar-refractivity contribution in [1.29, 1.82) is 0 Å². The second kappa shape index (κ2) is 5.83. The predicted octanol–water partition coefficient (Wildman–Crippen LogP) is 1.89. The molecule has 2 aliphatic heterocycles. The zero-order valence-corrected chi connectivity index (χ0v) is 13.3. The Balaban J connectivity index is 1.59. The molecule has 2 saturated heterocycles. The van der Waals surface area contributed by atoms with Crippen molar-refractivity contribution in [3.05, 3.63) is 18.0 Å². The largest absolute Gasteiger partial charge is 0.354 e. The van der Waals surface area contributed by atoms with Gasteiger partial charge in [0, 0.05) is 19.1 Å². The van der Waals surface area contributed by atoms with E-state index in [-0.39, 0.29) is 0 Å². The lowest BCUT2D eigenvalue weighted by molar-refractivity contribution is 0.236. The van der Waals surface area contributed by atoms with Crippen LogP contribution >= 0.6 is 0 Å². The highest BCUT2D eigenvalue weighted by Crippen LogP contribution is 2.23. The molecule has 1 atom stereocenters. The smallest absolute Gasteiger partial charge is 0.178 e. The van der Waals surface area contributed by atoms with Gasteiger partial charge in [0.15, 0.2) is 11.5 Å². The van der Waals surface area contributed by atoms with Crippen molar-refractivity contribution in [3.8, 4) is 0 Å². The van der Waals surface area contributed by atoms with Gasteiger partial charge in [0.25, 0.3) is 0 Å². The molecule has 6 nitrogen and oxygen atoms in total. The molecular formula is C16H24N6. The normalized spacial score (nSPS) is 24.0. The highest BCUT2D eigenvalue weighted by atomic mass is 15.4. The summed E-state index contributed by atoms with van der Waals surface area (Å²) in [5.41, 5.74) is 0.826. The van der Waals surface area contributed by atoms with Crippen molar-refractivity contribution in [3.63, 3.8) is 0 Å². The van der Waals surface area contributed by atoms with E-state index in [1.165, 1.54) is 45.2 Å². The van der Waals surface area contributed by atoms with Gasteiger partial charge in [0.1, 0.15) is 5.82 Å². The maximum Gasteiger partial charge on any atom is 0.178 e. The number of anilines is 1. The van der Waals surface area contributed by atoms with Gasteiger partial charge in [0.2, 0.25) is 0 Å². The molecule has 0 aliphatic carbocycles. The Hall–Kier alpha value is -1.69. The fourth-order valence-electron chi connectivity index (χ4n) is 3.79. The Morgan fingerprint density at radius 3 is 2.68 bits per heavy atom. The summed E-state index contributed by atoms with van der Waals surface area (Å²) >= 11 is 0. The molecule has 0 saturated carbocycles. The first-order chi connectivity index (χ1) is 10.8. The Morgan fingerprint density at radius 2 is 1.82 bits per heavy atom. The molecule has 0 N–H and O–H groups in total. The van der Waals surface area contributed by atoms with Crippen molar-refractivity contribution < 1.29 is 0 Å². The van der Waals surface area contributed by atoms with Crippen LogP contribution in [0.3, 0.4) is 0 Å². The monoisotopic (exact) mass is 300 g/mol. The second-order valence-electron chi connectivity index (χ2n) is 6.55. The van der Waals surface area contributed by atoms with E-state index in [0.717, 1.165) is 30.4 Å². The zero-order chi connectivity index (χ0) is 14.9. The lowest BCUT2D eigenvalue weighted by atomic mass is 10.1. The van der Waals surface area contributed by atoms with Crippen molar-refractivity contribution in [2.75, 3.05) is 31.1 Å². The third-order valence-corrected chi connectivity index (χ3v) is 5.03. The highest BCUT2D eigenvalue weighted by Gasteiger charge is 2.26. The summed E-state index contributed by atoms with van der Waals surface area (Å²) in [5, 5.41) is 13.0. The molecule has 4 rings (SSSR count). The first kappa shape index (κ1) is 13.9. The van der Waals surface area contributed by atoms with Crippen molar-refractivity contribution in [2.24, 2.45) is 0 Å². The Labute approximate surface area is 131 Å².